The van der Waals surface area contributed by atoms with Gasteiger partial charge in [-0.1, -0.05) is 13.8 Å². The van der Waals surface area contributed by atoms with E-state index in [0.29, 0.717) is 0 Å². The van der Waals surface area contributed by atoms with E-state index in [2.05, 4.69) is 32.8 Å². The van der Waals surface area contributed by atoms with Crippen molar-refractivity contribution in [3.63, 3.8) is 0 Å². The van der Waals surface area contributed by atoms with Gasteiger partial charge in [-0.15, -0.1) is 0 Å². The zero-order valence-electron chi connectivity index (χ0n) is 7.55. The monoisotopic (exact) mass is 161 g/mol. The minimum atomic E-state index is 0.840. The van der Waals surface area contributed by atoms with Crippen LogP contribution in [0.1, 0.15) is 13.8 Å². The second-order valence-electron chi connectivity index (χ2n) is 3.27. The summed E-state index contributed by atoms with van der Waals surface area (Å²) in [5.74, 6) is 3.41. The molecule has 2 heteroatoms. The quantitative estimate of drug-likeness (QED) is 0.567. The average molecular weight is 161 g/mol. The molecule has 10 heavy (non-hydrogen) atoms. The Labute approximate surface area is 69.2 Å². The molecule has 62 valence electrons. The number of nitrogens with zero attached hydrogens (tertiary/aromatic N) is 1. The van der Waals surface area contributed by atoms with E-state index in [9.17, 15) is 0 Å². The van der Waals surface area contributed by atoms with Crippen molar-refractivity contribution in [3.8, 4) is 0 Å². The molecule has 0 saturated heterocycles. The van der Waals surface area contributed by atoms with E-state index in [1.54, 1.807) is 0 Å². The van der Waals surface area contributed by atoms with Crippen LogP contribution in [0.15, 0.2) is 0 Å². The van der Waals surface area contributed by atoms with Crippen molar-refractivity contribution < 1.29 is 0 Å². The molecule has 0 saturated carbocycles. The van der Waals surface area contributed by atoms with Gasteiger partial charge in [-0.2, -0.15) is 11.8 Å². The van der Waals surface area contributed by atoms with Gasteiger partial charge in [-0.05, 0) is 25.8 Å². The molecule has 0 bridgehead atoms. The molecule has 0 spiro atoms. The van der Waals surface area contributed by atoms with Crippen molar-refractivity contribution in [1.29, 1.82) is 0 Å². The molecule has 0 aromatic rings. The van der Waals surface area contributed by atoms with Crippen molar-refractivity contribution in [1.82, 2.24) is 4.90 Å². The summed E-state index contributed by atoms with van der Waals surface area (Å²) in [6.07, 6.45) is 0. The van der Waals surface area contributed by atoms with Crippen molar-refractivity contribution in [2.75, 3.05) is 32.1 Å². The van der Waals surface area contributed by atoms with E-state index >= 15 is 0 Å². The largest absolute Gasteiger partial charge is 0.309 e. The SMILES string of the molecule is CC(C)CSCCN(C)C. The van der Waals surface area contributed by atoms with E-state index in [1.165, 1.54) is 18.1 Å². The minimum Gasteiger partial charge on any atom is -0.309 e. The lowest BCUT2D eigenvalue weighted by Gasteiger charge is -2.09. The lowest BCUT2D eigenvalue weighted by Crippen LogP contribution is -2.15. The summed E-state index contributed by atoms with van der Waals surface area (Å²) < 4.78 is 0. The highest BCUT2D eigenvalue weighted by molar-refractivity contribution is 7.99. The third-order valence-corrected chi connectivity index (χ3v) is 2.51. The van der Waals surface area contributed by atoms with Crippen LogP contribution in [-0.2, 0) is 0 Å². The Kier molecular flexibility index (Phi) is 6.24. The molecule has 1 nitrogen and oxygen atoms in total. The molecule has 0 aromatic carbocycles. The first kappa shape index (κ1) is 10.3. The second-order valence-corrected chi connectivity index (χ2v) is 4.42. The fourth-order valence-corrected chi connectivity index (χ4v) is 1.70. The molecule has 0 aliphatic carbocycles. The van der Waals surface area contributed by atoms with Crippen LogP contribution >= 0.6 is 11.8 Å². The lowest BCUT2D eigenvalue weighted by atomic mass is 10.3. The van der Waals surface area contributed by atoms with Gasteiger partial charge in [0.2, 0.25) is 0 Å². The first-order chi connectivity index (χ1) is 4.63. The lowest BCUT2D eigenvalue weighted by molar-refractivity contribution is 0.437. The maximum Gasteiger partial charge on any atom is 0.00662 e. The molecule has 0 heterocycles. The molecule has 0 aromatic heterocycles. The van der Waals surface area contributed by atoms with Crippen LogP contribution in [0.2, 0.25) is 0 Å². The van der Waals surface area contributed by atoms with Gasteiger partial charge in [0.05, 0.1) is 0 Å². The predicted octanol–water partition coefficient (Wildman–Crippen LogP) is 1.94. The van der Waals surface area contributed by atoms with E-state index in [4.69, 9.17) is 0 Å². The first-order valence-corrected chi connectivity index (χ1v) is 5.01. The van der Waals surface area contributed by atoms with Crippen LogP contribution in [-0.4, -0.2) is 37.0 Å². The van der Waals surface area contributed by atoms with Gasteiger partial charge < -0.3 is 4.90 Å². The Morgan fingerprint density at radius 2 is 1.90 bits per heavy atom. The van der Waals surface area contributed by atoms with Gasteiger partial charge in [0.1, 0.15) is 0 Å². The van der Waals surface area contributed by atoms with Crippen LogP contribution in [0, 0.1) is 5.92 Å². The molecule has 0 radical (unpaired) electrons. The Morgan fingerprint density at radius 3 is 2.30 bits per heavy atom. The van der Waals surface area contributed by atoms with Crippen molar-refractivity contribution in [2.24, 2.45) is 5.92 Å². The molecule has 0 aliphatic rings. The van der Waals surface area contributed by atoms with Crippen LogP contribution in [0.3, 0.4) is 0 Å². The van der Waals surface area contributed by atoms with Crippen LogP contribution in [0.25, 0.3) is 0 Å². The normalized spacial score (nSPS) is 11.4. The van der Waals surface area contributed by atoms with Crippen molar-refractivity contribution in [3.05, 3.63) is 0 Å². The Hall–Kier alpha value is 0.310. The molecular weight excluding hydrogens is 142 g/mol. The molecule has 0 unspecified atom stereocenters. The number of thioether (sulfide) groups is 1. The summed E-state index contributed by atoms with van der Waals surface area (Å²) in [5, 5.41) is 0. The van der Waals surface area contributed by atoms with E-state index in [1.807, 2.05) is 11.8 Å². The fraction of sp³-hybridized carbons (Fsp3) is 1.00. The smallest absolute Gasteiger partial charge is 0.00662 e. The molecule has 0 N–H and O–H groups in total. The Morgan fingerprint density at radius 1 is 1.30 bits per heavy atom. The summed E-state index contributed by atoms with van der Waals surface area (Å²) in [7, 11) is 4.24. The minimum absolute atomic E-state index is 0.840. The average Bonchev–Trinajstić information content (AvgIpc) is 1.79. The van der Waals surface area contributed by atoms with Gasteiger partial charge in [-0.3, -0.25) is 0 Å². The second kappa shape index (κ2) is 6.05. The van der Waals surface area contributed by atoms with Crippen LogP contribution in [0.5, 0.6) is 0 Å². The summed E-state index contributed by atoms with van der Waals surface area (Å²) in [4.78, 5) is 2.23. The zero-order chi connectivity index (χ0) is 7.98. The summed E-state index contributed by atoms with van der Waals surface area (Å²) in [6.45, 7) is 5.74. The number of rotatable bonds is 5. The van der Waals surface area contributed by atoms with Crippen molar-refractivity contribution >= 4 is 11.8 Å². The molecule has 0 rings (SSSR count). The van der Waals surface area contributed by atoms with Gasteiger partial charge in [-0.25, -0.2) is 0 Å². The third-order valence-electron chi connectivity index (χ3n) is 1.13. The standard InChI is InChI=1S/C8H19NS/c1-8(2)7-10-6-5-9(3)4/h8H,5-7H2,1-4H3. The third kappa shape index (κ3) is 8.31. The summed E-state index contributed by atoms with van der Waals surface area (Å²) in [5.41, 5.74) is 0. The number of hydrogen-bond acceptors (Lipinski definition) is 2. The van der Waals surface area contributed by atoms with E-state index in [0.717, 1.165) is 5.92 Å². The maximum absolute atomic E-state index is 2.27. The zero-order valence-corrected chi connectivity index (χ0v) is 8.37. The molecule has 0 aliphatic heterocycles. The van der Waals surface area contributed by atoms with Gasteiger partial charge in [0.15, 0.2) is 0 Å². The van der Waals surface area contributed by atoms with Crippen molar-refractivity contribution in [2.45, 2.75) is 13.8 Å². The Balaban J connectivity index is 2.91. The highest BCUT2D eigenvalue weighted by Crippen LogP contribution is 2.06. The highest BCUT2D eigenvalue weighted by atomic mass is 32.2. The summed E-state index contributed by atoms with van der Waals surface area (Å²) in [6, 6.07) is 0. The molecular formula is C8H19NS. The van der Waals surface area contributed by atoms with Gasteiger partial charge >= 0.3 is 0 Å². The molecule has 0 atom stereocenters. The fourth-order valence-electron chi connectivity index (χ4n) is 0.566. The van der Waals surface area contributed by atoms with E-state index in [-0.39, 0.29) is 0 Å². The van der Waals surface area contributed by atoms with Gasteiger partial charge in [0, 0.05) is 12.3 Å². The van der Waals surface area contributed by atoms with Gasteiger partial charge in [0.25, 0.3) is 0 Å². The highest BCUT2D eigenvalue weighted by Gasteiger charge is 1.94. The molecule has 0 fully saturated rings. The number of hydrogen-bond donors (Lipinski definition) is 0. The predicted molar refractivity (Wildman–Crippen MR) is 50.7 cm³/mol. The van der Waals surface area contributed by atoms with E-state index < -0.39 is 0 Å². The topological polar surface area (TPSA) is 3.24 Å². The Bertz CT molecular complexity index is 61.7. The summed E-state index contributed by atoms with van der Waals surface area (Å²) >= 11 is 2.05. The maximum atomic E-state index is 2.27. The first-order valence-electron chi connectivity index (χ1n) is 3.85. The van der Waals surface area contributed by atoms with Crippen LogP contribution < -0.4 is 0 Å². The molecule has 0 amide bonds. The van der Waals surface area contributed by atoms with Crippen LogP contribution in [0.4, 0.5) is 0 Å².